The van der Waals surface area contributed by atoms with Gasteiger partial charge in [0.1, 0.15) is 12.1 Å². The van der Waals surface area contributed by atoms with Gasteiger partial charge in [-0.3, -0.25) is 4.90 Å². The first kappa shape index (κ1) is 20.7. The fourth-order valence-corrected chi connectivity index (χ4v) is 1.84. The van der Waals surface area contributed by atoms with Crippen molar-refractivity contribution in [3.05, 3.63) is 0 Å². The Morgan fingerprint density at radius 3 is 2.04 bits per heavy atom. The van der Waals surface area contributed by atoms with Crippen molar-refractivity contribution in [2.75, 3.05) is 13.2 Å². The molecule has 0 aromatic rings. The van der Waals surface area contributed by atoms with Gasteiger partial charge in [0, 0.05) is 0 Å². The number of amides is 1. The summed E-state index contributed by atoms with van der Waals surface area (Å²) in [6.07, 6.45) is -1.60. The van der Waals surface area contributed by atoms with Gasteiger partial charge >= 0.3 is 24.2 Å². The summed E-state index contributed by atoms with van der Waals surface area (Å²) in [5, 5.41) is 9.30. The lowest BCUT2D eigenvalue weighted by molar-refractivity contribution is -0.150. The highest BCUT2D eigenvalue weighted by Gasteiger charge is 2.38. The highest BCUT2D eigenvalue weighted by molar-refractivity contribution is 5.89. The summed E-state index contributed by atoms with van der Waals surface area (Å²) in [5.41, 5.74) is 0. The molecule has 9 heteroatoms. The molecule has 0 aromatic heterocycles. The number of hydrogen-bond acceptors (Lipinski definition) is 7. The largest absolute Gasteiger partial charge is 0.516 e. The molecule has 1 N–H and O–H groups in total. The first-order valence-electron chi connectivity index (χ1n) is 7.36. The number of nitrogens with zero attached hydrogens (tertiary/aromatic N) is 1. The zero-order chi connectivity index (χ0) is 18.0. The van der Waals surface area contributed by atoms with Crippen LogP contribution in [-0.2, 0) is 23.8 Å². The van der Waals surface area contributed by atoms with Crippen molar-refractivity contribution in [1.82, 2.24) is 4.90 Å². The lowest BCUT2D eigenvalue weighted by Gasteiger charge is -2.31. The fourth-order valence-electron chi connectivity index (χ4n) is 1.84. The third-order valence-electron chi connectivity index (χ3n) is 2.87. The van der Waals surface area contributed by atoms with Crippen molar-refractivity contribution >= 4 is 24.2 Å². The second-order valence-electron chi connectivity index (χ2n) is 4.53. The van der Waals surface area contributed by atoms with Gasteiger partial charge in [-0.05, 0) is 27.2 Å². The molecule has 1 amide bonds. The number of carboxylic acid groups (broad SMARTS) is 1. The third-order valence-corrected chi connectivity index (χ3v) is 2.87. The van der Waals surface area contributed by atoms with Crippen molar-refractivity contribution in [1.29, 1.82) is 0 Å². The molecule has 0 aromatic carbocycles. The molecule has 2 atom stereocenters. The number of esters is 1. The Labute approximate surface area is 134 Å². The number of rotatable bonds is 8. The van der Waals surface area contributed by atoms with Crippen LogP contribution in [0.1, 0.15) is 40.5 Å². The predicted octanol–water partition coefficient (Wildman–Crippen LogP) is 1.79. The van der Waals surface area contributed by atoms with E-state index in [4.69, 9.17) is 4.74 Å². The molecule has 0 spiro atoms. The maximum absolute atomic E-state index is 12.0. The van der Waals surface area contributed by atoms with Gasteiger partial charge in [0.2, 0.25) is 0 Å². The summed E-state index contributed by atoms with van der Waals surface area (Å²) in [6.45, 7) is 6.09. The molecular formula is C14H23NO8. The molecule has 23 heavy (non-hydrogen) atoms. The van der Waals surface area contributed by atoms with Crippen molar-refractivity contribution in [3.63, 3.8) is 0 Å². The minimum atomic E-state index is -1.33. The molecule has 0 heterocycles. The summed E-state index contributed by atoms with van der Waals surface area (Å²) in [4.78, 5) is 47.3. The van der Waals surface area contributed by atoms with Crippen LogP contribution >= 0.6 is 0 Å². The Morgan fingerprint density at radius 1 is 1.04 bits per heavy atom. The molecule has 0 unspecified atom stereocenters. The van der Waals surface area contributed by atoms with Crippen LogP contribution in [0, 0.1) is 0 Å². The lowest BCUT2D eigenvalue weighted by Crippen LogP contribution is -2.53. The van der Waals surface area contributed by atoms with E-state index < -0.39 is 36.3 Å². The fraction of sp³-hybridized carbons (Fsp3) is 0.714. The van der Waals surface area contributed by atoms with Crippen LogP contribution in [0.15, 0.2) is 0 Å². The monoisotopic (exact) mass is 333 g/mol. The maximum atomic E-state index is 12.0. The first-order valence-corrected chi connectivity index (χ1v) is 7.36. The minimum absolute atomic E-state index is 0.00738. The Kier molecular flexibility index (Phi) is 9.36. The number of hydrogen-bond donors (Lipinski definition) is 1. The van der Waals surface area contributed by atoms with Crippen LogP contribution in [0.2, 0.25) is 0 Å². The molecule has 0 aliphatic heterocycles. The normalized spacial score (nSPS) is 12.7. The molecule has 0 rings (SSSR count). The highest BCUT2D eigenvalue weighted by atomic mass is 16.7. The second kappa shape index (κ2) is 10.4. The summed E-state index contributed by atoms with van der Waals surface area (Å²) in [6, 6.07) is -2.60. The van der Waals surface area contributed by atoms with Crippen LogP contribution in [0.25, 0.3) is 0 Å². The van der Waals surface area contributed by atoms with Crippen LogP contribution in [0.5, 0.6) is 0 Å². The topological polar surface area (TPSA) is 119 Å². The molecule has 0 saturated heterocycles. The standard InChI is InChI=1S/C14H23NO8/c1-5-8-10(11(16)17)15(13(19)21-6-2)9(4)12(18)23-14(20)22-7-3/h9-10H,5-8H2,1-4H3,(H,16,17)/t9-,10-/m0/s1. The molecule has 0 aliphatic rings. The zero-order valence-corrected chi connectivity index (χ0v) is 13.7. The molecule has 0 fully saturated rings. The number of ether oxygens (including phenoxy) is 3. The van der Waals surface area contributed by atoms with Crippen molar-refractivity contribution in [3.8, 4) is 0 Å². The Bertz CT molecular complexity index is 436. The predicted molar refractivity (Wildman–Crippen MR) is 77.8 cm³/mol. The van der Waals surface area contributed by atoms with Crippen LogP contribution in [0.3, 0.4) is 0 Å². The van der Waals surface area contributed by atoms with Crippen molar-refractivity contribution < 1.29 is 38.5 Å². The van der Waals surface area contributed by atoms with E-state index in [1.165, 1.54) is 13.8 Å². The summed E-state index contributed by atoms with van der Waals surface area (Å²) in [7, 11) is 0. The van der Waals surface area contributed by atoms with Crippen LogP contribution in [0.4, 0.5) is 9.59 Å². The average Bonchev–Trinajstić information content (AvgIpc) is 2.46. The number of aliphatic carboxylic acids is 1. The lowest BCUT2D eigenvalue weighted by atomic mass is 10.1. The highest BCUT2D eigenvalue weighted by Crippen LogP contribution is 2.15. The van der Waals surface area contributed by atoms with E-state index >= 15 is 0 Å². The SMILES string of the molecule is CCC[C@@H](C(=O)O)N(C(=O)OCC)[C@@H](C)C(=O)OC(=O)OCC. The molecule has 0 saturated carbocycles. The van der Waals surface area contributed by atoms with Gasteiger partial charge in [0.25, 0.3) is 0 Å². The molecule has 0 aliphatic carbocycles. The van der Waals surface area contributed by atoms with E-state index in [2.05, 4.69) is 9.47 Å². The molecule has 9 nitrogen and oxygen atoms in total. The first-order chi connectivity index (χ1) is 10.8. The van der Waals surface area contributed by atoms with Gasteiger partial charge in [-0.1, -0.05) is 13.3 Å². The molecule has 132 valence electrons. The number of carboxylic acids is 1. The van der Waals surface area contributed by atoms with Crippen LogP contribution < -0.4 is 0 Å². The minimum Gasteiger partial charge on any atom is -0.480 e. The van der Waals surface area contributed by atoms with E-state index in [0.717, 1.165) is 4.90 Å². The van der Waals surface area contributed by atoms with E-state index in [1.54, 1.807) is 13.8 Å². The Hall–Kier alpha value is -2.32. The Balaban J connectivity index is 5.31. The van der Waals surface area contributed by atoms with E-state index in [-0.39, 0.29) is 19.6 Å². The summed E-state index contributed by atoms with van der Waals surface area (Å²) < 4.78 is 13.7. The van der Waals surface area contributed by atoms with E-state index in [1.807, 2.05) is 0 Å². The zero-order valence-electron chi connectivity index (χ0n) is 13.7. The van der Waals surface area contributed by atoms with Crippen LogP contribution in [-0.4, -0.2) is 59.5 Å². The Morgan fingerprint density at radius 2 is 1.61 bits per heavy atom. The van der Waals surface area contributed by atoms with Crippen molar-refractivity contribution in [2.45, 2.75) is 52.6 Å². The maximum Gasteiger partial charge on any atom is 0.516 e. The number of carbonyl (C=O) groups excluding carboxylic acids is 3. The molecule has 0 radical (unpaired) electrons. The van der Waals surface area contributed by atoms with Gasteiger partial charge in [0.15, 0.2) is 0 Å². The van der Waals surface area contributed by atoms with Gasteiger partial charge in [0.05, 0.1) is 13.2 Å². The quantitative estimate of drug-likeness (QED) is 0.527. The third kappa shape index (κ3) is 6.54. The smallest absolute Gasteiger partial charge is 0.480 e. The van der Waals surface area contributed by atoms with Gasteiger partial charge in [-0.25, -0.2) is 19.2 Å². The van der Waals surface area contributed by atoms with Gasteiger partial charge in [-0.15, -0.1) is 0 Å². The molecular weight excluding hydrogens is 310 g/mol. The van der Waals surface area contributed by atoms with Gasteiger partial charge in [-0.2, -0.15) is 0 Å². The number of carbonyl (C=O) groups is 4. The van der Waals surface area contributed by atoms with Gasteiger partial charge < -0.3 is 19.3 Å². The van der Waals surface area contributed by atoms with E-state index in [0.29, 0.717) is 6.42 Å². The average molecular weight is 333 g/mol. The van der Waals surface area contributed by atoms with E-state index in [9.17, 15) is 24.3 Å². The molecule has 0 bridgehead atoms. The summed E-state index contributed by atoms with van der Waals surface area (Å²) in [5.74, 6) is -2.38. The van der Waals surface area contributed by atoms with Crippen molar-refractivity contribution in [2.24, 2.45) is 0 Å². The summed E-state index contributed by atoms with van der Waals surface area (Å²) >= 11 is 0. The second-order valence-corrected chi connectivity index (χ2v) is 4.53.